The van der Waals surface area contributed by atoms with E-state index in [1.54, 1.807) is 0 Å². The lowest BCUT2D eigenvalue weighted by molar-refractivity contribution is -0.161. The molecule has 96 heavy (non-hydrogen) atoms. The maximum Gasteiger partial charge on any atom is 0.472 e. The zero-order valence-corrected chi connectivity index (χ0v) is 64.3. The molecule has 0 aromatic heterocycles. The van der Waals surface area contributed by atoms with E-state index in [0.717, 1.165) is 96.3 Å². The molecule has 0 aliphatic carbocycles. The van der Waals surface area contributed by atoms with Crippen LogP contribution in [0.1, 0.15) is 407 Å². The van der Waals surface area contributed by atoms with Gasteiger partial charge in [-0.3, -0.25) is 37.3 Å². The molecule has 3 N–H and O–H groups in total. The standard InChI is InChI=1S/C77H150O17P2/c1-6-9-12-15-18-21-24-27-29-30-31-32-33-35-37-40-43-46-53-58-63-77(82)93-72(66-87-74(79)60-55-50-44-41-39-36-34-28-25-22-19-16-13-10-7-2)68-91-95(83,84)89-64-71(78)65-90-96(85,86)92-69-73(67-88-75(80)61-56-51-48-47-49-54-59-70(4)5)94-76(81)62-57-52-45-42-38-26-23-20-17-14-11-8-3/h70-73,78H,6-69H2,1-5H3,(H,83,84)(H,85,86)/t71-,72-,73-/m1/s1. The van der Waals surface area contributed by atoms with Crippen LogP contribution in [-0.2, 0) is 65.4 Å². The molecule has 5 atom stereocenters. The van der Waals surface area contributed by atoms with Crippen molar-refractivity contribution in [2.45, 2.75) is 425 Å². The molecule has 19 heteroatoms. The van der Waals surface area contributed by atoms with Gasteiger partial charge >= 0.3 is 39.5 Å². The molecule has 0 amide bonds. The summed E-state index contributed by atoms with van der Waals surface area (Å²) in [6.45, 7) is 7.22. The summed E-state index contributed by atoms with van der Waals surface area (Å²) in [5.74, 6) is -1.43. The van der Waals surface area contributed by atoms with Gasteiger partial charge in [0, 0.05) is 25.7 Å². The number of unbranched alkanes of at least 4 members (excludes halogenated alkanes) is 49. The number of esters is 4. The third-order valence-electron chi connectivity index (χ3n) is 18.0. The van der Waals surface area contributed by atoms with Gasteiger partial charge in [-0.2, -0.15) is 0 Å². The van der Waals surface area contributed by atoms with Gasteiger partial charge in [0.25, 0.3) is 0 Å². The fourth-order valence-electron chi connectivity index (χ4n) is 11.9. The molecule has 0 aliphatic heterocycles. The van der Waals surface area contributed by atoms with Crippen LogP contribution in [0.2, 0.25) is 0 Å². The number of phosphoric ester groups is 2. The van der Waals surface area contributed by atoms with Crippen LogP contribution in [0.15, 0.2) is 0 Å². The second kappa shape index (κ2) is 70.1. The predicted molar refractivity (Wildman–Crippen MR) is 391 cm³/mol. The summed E-state index contributed by atoms with van der Waals surface area (Å²) in [6, 6.07) is 0. The van der Waals surface area contributed by atoms with Crippen LogP contribution < -0.4 is 0 Å². The van der Waals surface area contributed by atoms with Gasteiger partial charge in [-0.25, -0.2) is 9.13 Å². The Balaban J connectivity index is 5.20. The first-order chi connectivity index (χ1) is 46.5. The smallest absolute Gasteiger partial charge is 0.462 e. The number of rotatable bonds is 77. The van der Waals surface area contributed by atoms with Crippen molar-refractivity contribution < 1.29 is 80.2 Å². The summed E-state index contributed by atoms with van der Waals surface area (Å²) >= 11 is 0. The van der Waals surface area contributed by atoms with Crippen molar-refractivity contribution in [3.05, 3.63) is 0 Å². The number of phosphoric acid groups is 2. The number of hydrogen-bond donors (Lipinski definition) is 3. The molecule has 0 aromatic rings. The maximum atomic E-state index is 13.1. The number of aliphatic hydroxyl groups is 1. The summed E-state index contributed by atoms with van der Waals surface area (Å²) in [5.41, 5.74) is 0. The monoisotopic (exact) mass is 1410 g/mol. The molecule has 0 saturated carbocycles. The van der Waals surface area contributed by atoms with Gasteiger partial charge in [-0.15, -0.1) is 0 Å². The lowest BCUT2D eigenvalue weighted by Gasteiger charge is -2.21. The number of hydrogen-bond acceptors (Lipinski definition) is 15. The van der Waals surface area contributed by atoms with E-state index >= 15 is 0 Å². The molecule has 570 valence electrons. The van der Waals surface area contributed by atoms with Crippen LogP contribution in [-0.4, -0.2) is 96.7 Å². The van der Waals surface area contributed by atoms with Gasteiger partial charge in [0.05, 0.1) is 26.4 Å². The van der Waals surface area contributed by atoms with Crippen molar-refractivity contribution >= 4 is 39.5 Å². The highest BCUT2D eigenvalue weighted by Gasteiger charge is 2.30. The number of carbonyl (C=O) groups excluding carboxylic acids is 4. The molecule has 0 spiro atoms. The Morgan fingerprint density at radius 2 is 0.479 bits per heavy atom. The van der Waals surface area contributed by atoms with Crippen LogP contribution in [0.25, 0.3) is 0 Å². The lowest BCUT2D eigenvalue weighted by atomic mass is 10.0. The van der Waals surface area contributed by atoms with E-state index in [1.165, 1.54) is 225 Å². The van der Waals surface area contributed by atoms with Gasteiger partial charge in [0.15, 0.2) is 12.2 Å². The van der Waals surface area contributed by atoms with Crippen molar-refractivity contribution in [1.29, 1.82) is 0 Å². The Labute approximate surface area is 588 Å². The molecule has 0 rings (SSSR count). The maximum absolute atomic E-state index is 13.1. The highest BCUT2D eigenvalue weighted by molar-refractivity contribution is 7.47. The first-order valence-electron chi connectivity index (χ1n) is 40.1. The van der Waals surface area contributed by atoms with Crippen molar-refractivity contribution in [3.63, 3.8) is 0 Å². The highest BCUT2D eigenvalue weighted by Crippen LogP contribution is 2.45. The molecular formula is C77H150O17P2. The Kier molecular flexibility index (Phi) is 68.7. The Hall–Kier alpha value is -1.94. The molecule has 0 saturated heterocycles. The predicted octanol–water partition coefficient (Wildman–Crippen LogP) is 22.9. The van der Waals surface area contributed by atoms with Gasteiger partial charge in [-0.05, 0) is 31.6 Å². The minimum absolute atomic E-state index is 0.107. The average molecular weight is 1410 g/mol. The normalized spacial score (nSPS) is 13.9. The van der Waals surface area contributed by atoms with Crippen LogP contribution in [0.4, 0.5) is 0 Å². The summed E-state index contributed by atoms with van der Waals surface area (Å²) in [4.78, 5) is 72.8. The van der Waals surface area contributed by atoms with E-state index in [9.17, 15) is 43.2 Å². The van der Waals surface area contributed by atoms with Gasteiger partial charge in [-0.1, -0.05) is 356 Å². The van der Waals surface area contributed by atoms with E-state index in [-0.39, 0.29) is 25.7 Å². The Bertz CT molecular complexity index is 1840. The first-order valence-corrected chi connectivity index (χ1v) is 43.1. The summed E-state index contributed by atoms with van der Waals surface area (Å²) in [6.07, 6.45) is 59.8. The first kappa shape index (κ1) is 94.1. The summed E-state index contributed by atoms with van der Waals surface area (Å²) < 4.78 is 68.5. The van der Waals surface area contributed by atoms with Crippen LogP contribution in [0.5, 0.6) is 0 Å². The van der Waals surface area contributed by atoms with Gasteiger partial charge in [0.1, 0.15) is 19.3 Å². The van der Waals surface area contributed by atoms with Crippen LogP contribution in [0, 0.1) is 5.92 Å². The molecular weight excluding hydrogens is 1260 g/mol. The quantitative estimate of drug-likeness (QED) is 0.0222. The van der Waals surface area contributed by atoms with E-state index < -0.39 is 97.5 Å². The van der Waals surface area contributed by atoms with Crippen molar-refractivity contribution in [3.8, 4) is 0 Å². The Morgan fingerprint density at radius 1 is 0.281 bits per heavy atom. The van der Waals surface area contributed by atoms with Gasteiger partial charge < -0.3 is 33.8 Å². The third-order valence-corrected chi connectivity index (χ3v) is 19.9. The second-order valence-electron chi connectivity index (χ2n) is 28.2. The van der Waals surface area contributed by atoms with E-state index in [0.29, 0.717) is 31.6 Å². The summed E-state index contributed by atoms with van der Waals surface area (Å²) in [5, 5.41) is 10.6. The molecule has 0 aromatic carbocycles. The molecule has 2 unspecified atom stereocenters. The number of carbonyl (C=O) groups is 4. The van der Waals surface area contributed by atoms with Crippen molar-refractivity contribution in [2.75, 3.05) is 39.6 Å². The fraction of sp³-hybridized carbons (Fsp3) is 0.948. The zero-order chi connectivity index (χ0) is 70.5. The second-order valence-corrected chi connectivity index (χ2v) is 31.1. The van der Waals surface area contributed by atoms with Crippen LogP contribution in [0.3, 0.4) is 0 Å². The lowest BCUT2D eigenvalue weighted by Crippen LogP contribution is -2.30. The Morgan fingerprint density at radius 3 is 0.708 bits per heavy atom. The molecule has 0 fully saturated rings. The molecule has 0 aliphatic rings. The molecule has 0 heterocycles. The van der Waals surface area contributed by atoms with Crippen molar-refractivity contribution in [1.82, 2.24) is 0 Å². The highest BCUT2D eigenvalue weighted by atomic mass is 31.2. The topological polar surface area (TPSA) is 237 Å². The SMILES string of the molecule is CCCCCCCCCCCCCCCCCCCCCCC(=O)O[C@H](COC(=O)CCCCCCCCCCCCCCCCC)COP(=O)(O)OC[C@@H](O)COP(=O)(O)OC[C@@H](COC(=O)CCCCCCCCC(C)C)OC(=O)CCCCCCCCCCCCCC. The zero-order valence-electron chi connectivity index (χ0n) is 62.5. The molecule has 0 radical (unpaired) electrons. The fourth-order valence-corrected chi connectivity index (χ4v) is 13.5. The average Bonchev–Trinajstić information content (AvgIpc) is 1.16. The van der Waals surface area contributed by atoms with Crippen molar-refractivity contribution in [2.24, 2.45) is 5.92 Å². The molecule has 17 nitrogen and oxygen atoms in total. The number of ether oxygens (including phenoxy) is 4. The minimum atomic E-state index is -4.96. The van der Waals surface area contributed by atoms with E-state index in [2.05, 4.69) is 34.6 Å². The number of aliphatic hydroxyl groups excluding tert-OH is 1. The van der Waals surface area contributed by atoms with E-state index in [4.69, 9.17) is 37.0 Å². The van der Waals surface area contributed by atoms with Gasteiger partial charge in [0.2, 0.25) is 0 Å². The van der Waals surface area contributed by atoms with Crippen LogP contribution >= 0.6 is 15.6 Å². The molecule has 0 bridgehead atoms. The minimum Gasteiger partial charge on any atom is -0.462 e. The van der Waals surface area contributed by atoms with E-state index in [1.807, 2.05) is 0 Å². The largest absolute Gasteiger partial charge is 0.472 e. The summed E-state index contributed by atoms with van der Waals surface area (Å²) in [7, 11) is -9.91. The third kappa shape index (κ3) is 70.5.